The molecule has 0 atom stereocenters. The lowest BCUT2D eigenvalue weighted by Crippen LogP contribution is -2.23. The SMILES string of the molecule is O=C(O)Cn1cc(CNC(=O)c2cc(Br)cnc2Cl)nn1. The molecule has 0 aliphatic rings. The maximum absolute atomic E-state index is 12.0. The first-order valence-electron chi connectivity index (χ1n) is 5.66. The van der Waals surface area contributed by atoms with E-state index in [-0.39, 0.29) is 23.8 Å². The molecule has 0 saturated heterocycles. The van der Waals surface area contributed by atoms with Crippen molar-refractivity contribution in [2.45, 2.75) is 13.1 Å². The zero-order valence-electron chi connectivity index (χ0n) is 10.5. The van der Waals surface area contributed by atoms with E-state index in [4.69, 9.17) is 16.7 Å². The standard InChI is InChI=1S/C11H9BrClN5O3/c12-6-1-8(10(13)14-2-6)11(21)15-3-7-4-18(17-16-7)5-9(19)20/h1-2,4H,3,5H2,(H,15,21)(H,19,20). The highest BCUT2D eigenvalue weighted by Crippen LogP contribution is 2.17. The van der Waals surface area contributed by atoms with E-state index in [0.717, 1.165) is 4.68 Å². The summed E-state index contributed by atoms with van der Waals surface area (Å²) < 4.78 is 1.79. The highest BCUT2D eigenvalue weighted by atomic mass is 79.9. The average Bonchev–Trinajstić information content (AvgIpc) is 2.85. The van der Waals surface area contributed by atoms with Crippen molar-refractivity contribution >= 4 is 39.4 Å². The molecule has 0 radical (unpaired) electrons. The molecule has 0 aromatic carbocycles. The second kappa shape index (κ2) is 6.64. The molecule has 0 saturated carbocycles. The molecule has 21 heavy (non-hydrogen) atoms. The fourth-order valence-corrected chi connectivity index (χ4v) is 2.00. The number of aromatic nitrogens is 4. The Labute approximate surface area is 132 Å². The van der Waals surface area contributed by atoms with Gasteiger partial charge in [0.2, 0.25) is 0 Å². The molecule has 0 unspecified atom stereocenters. The minimum Gasteiger partial charge on any atom is -0.480 e. The second-order valence-electron chi connectivity index (χ2n) is 3.98. The number of carboxylic acid groups (broad SMARTS) is 1. The number of nitrogens with one attached hydrogen (secondary N) is 1. The number of carbonyl (C=O) groups is 2. The summed E-state index contributed by atoms with van der Waals surface area (Å²) in [6, 6.07) is 1.55. The van der Waals surface area contributed by atoms with E-state index in [2.05, 4.69) is 36.5 Å². The summed E-state index contributed by atoms with van der Waals surface area (Å²) in [7, 11) is 0. The highest BCUT2D eigenvalue weighted by Gasteiger charge is 2.13. The predicted octanol–water partition coefficient (Wildman–Crippen LogP) is 1.10. The molecule has 2 aromatic rings. The van der Waals surface area contributed by atoms with Crippen LogP contribution in [0.4, 0.5) is 0 Å². The van der Waals surface area contributed by atoms with E-state index in [1.807, 2.05) is 0 Å². The van der Waals surface area contributed by atoms with Gasteiger partial charge in [0.15, 0.2) is 0 Å². The zero-order valence-corrected chi connectivity index (χ0v) is 12.8. The smallest absolute Gasteiger partial charge is 0.325 e. The van der Waals surface area contributed by atoms with E-state index in [9.17, 15) is 9.59 Å². The van der Waals surface area contributed by atoms with Crippen molar-refractivity contribution < 1.29 is 14.7 Å². The summed E-state index contributed by atoms with van der Waals surface area (Å²) in [5.74, 6) is -1.44. The maximum atomic E-state index is 12.0. The topological polar surface area (TPSA) is 110 Å². The van der Waals surface area contributed by atoms with Gasteiger partial charge in [0.25, 0.3) is 5.91 Å². The summed E-state index contributed by atoms with van der Waals surface area (Å²) >= 11 is 9.05. The van der Waals surface area contributed by atoms with Gasteiger partial charge in [-0.2, -0.15) is 0 Å². The Hall–Kier alpha value is -2.00. The second-order valence-corrected chi connectivity index (χ2v) is 5.25. The van der Waals surface area contributed by atoms with Crippen LogP contribution in [0.5, 0.6) is 0 Å². The van der Waals surface area contributed by atoms with Crippen LogP contribution in [-0.2, 0) is 17.9 Å². The molecular formula is C11H9BrClN5O3. The molecule has 0 spiro atoms. The van der Waals surface area contributed by atoms with E-state index in [0.29, 0.717) is 10.2 Å². The van der Waals surface area contributed by atoms with Gasteiger partial charge >= 0.3 is 5.97 Å². The number of carbonyl (C=O) groups excluding carboxylic acids is 1. The van der Waals surface area contributed by atoms with Crippen LogP contribution in [0.15, 0.2) is 22.9 Å². The summed E-state index contributed by atoms with van der Waals surface area (Å²) in [4.78, 5) is 26.3. The van der Waals surface area contributed by atoms with Gasteiger partial charge in [0, 0.05) is 10.7 Å². The lowest BCUT2D eigenvalue weighted by Gasteiger charge is -2.04. The van der Waals surface area contributed by atoms with Gasteiger partial charge in [-0.1, -0.05) is 16.8 Å². The third-order valence-corrected chi connectivity index (χ3v) is 3.10. The van der Waals surface area contributed by atoms with Crippen LogP contribution < -0.4 is 5.32 Å². The van der Waals surface area contributed by atoms with Crippen LogP contribution in [0.3, 0.4) is 0 Å². The fourth-order valence-electron chi connectivity index (χ4n) is 1.48. The summed E-state index contributed by atoms with van der Waals surface area (Å²) in [6.07, 6.45) is 2.92. The first-order valence-corrected chi connectivity index (χ1v) is 6.83. The number of rotatable bonds is 5. The third kappa shape index (κ3) is 4.23. The Morgan fingerprint density at radius 2 is 2.24 bits per heavy atom. The van der Waals surface area contributed by atoms with Crippen molar-refractivity contribution in [2.24, 2.45) is 0 Å². The molecule has 110 valence electrons. The molecule has 2 heterocycles. The minimum absolute atomic E-state index is 0.0882. The average molecular weight is 375 g/mol. The van der Waals surface area contributed by atoms with Gasteiger partial charge in [0.1, 0.15) is 17.4 Å². The van der Waals surface area contributed by atoms with Crippen LogP contribution in [-0.4, -0.2) is 37.0 Å². The first-order chi connectivity index (χ1) is 9.95. The summed E-state index contributed by atoms with van der Waals surface area (Å²) in [5, 5.41) is 18.7. The number of hydrogen-bond donors (Lipinski definition) is 2. The van der Waals surface area contributed by atoms with Gasteiger partial charge < -0.3 is 10.4 Å². The van der Waals surface area contributed by atoms with Crippen molar-refractivity contribution in [3.05, 3.63) is 39.3 Å². The molecule has 8 nitrogen and oxygen atoms in total. The number of halogens is 2. The number of aliphatic carboxylic acids is 1. The summed E-state index contributed by atoms with van der Waals surface area (Å²) in [6.45, 7) is -0.191. The first kappa shape index (κ1) is 15.4. The largest absolute Gasteiger partial charge is 0.480 e. The van der Waals surface area contributed by atoms with E-state index < -0.39 is 11.9 Å². The number of hydrogen-bond acceptors (Lipinski definition) is 5. The van der Waals surface area contributed by atoms with Crippen LogP contribution in [0.2, 0.25) is 5.15 Å². The van der Waals surface area contributed by atoms with Crippen LogP contribution in [0.1, 0.15) is 16.1 Å². The Morgan fingerprint density at radius 3 is 2.95 bits per heavy atom. The highest BCUT2D eigenvalue weighted by molar-refractivity contribution is 9.10. The third-order valence-electron chi connectivity index (χ3n) is 2.36. The zero-order chi connectivity index (χ0) is 15.4. The lowest BCUT2D eigenvalue weighted by molar-refractivity contribution is -0.137. The monoisotopic (exact) mass is 373 g/mol. The van der Waals surface area contributed by atoms with E-state index >= 15 is 0 Å². The van der Waals surface area contributed by atoms with E-state index in [1.165, 1.54) is 12.4 Å². The van der Waals surface area contributed by atoms with Gasteiger partial charge in [0.05, 0.1) is 18.3 Å². The maximum Gasteiger partial charge on any atom is 0.325 e. The van der Waals surface area contributed by atoms with Crippen molar-refractivity contribution in [1.29, 1.82) is 0 Å². The van der Waals surface area contributed by atoms with Crippen molar-refractivity contribution in [3.8, 4) is 0 Å². The summed E-state index contributed by atoms with van der Waals surface area (Å²) in [5.41, 5.74) is 0.660. The fraction of sp³-hybridized carbons (Fsp3) is 0.182. The Bertz CT molecular complexity index is 690. The van der Waals surface area contributed by atoms with Crippen molar-refractivity contribution in [2.75, 3.05) is 0 Å². The van der Waals surface area contributed by atoms with Gasteiger partial charge in [-0.3, -0.25) is 9.59 Å². The Morgan fingerprint density at radius 1 is 1.48 bits per heavy atom. The molecular weight excluding hydrogens is 366 g/mol. The number of carboxylic acids is 1. The Balaban J connectivity index is 1.99. The predicted molar refractivity (Wildman–Crippen MR) is 75.8 cm³/mol. The van der Waals surface area contributed by atoms with Crippen LogP contribution >= 0.6 is 27.5 Å². The molecule has 0 fully saturated rings. The molecule has 2 rings (SSSR count). The van der Waals surface area contributed by atoms with Crippen LogP contribution in [0, 0.1) is 0 Å². The molecule has 0 aliphatic heterocycles. The van der Waals surface area contributed by atoms with Gasteiger partial charge in [-0.25, -0.2) is 9.67 Å². The quantitative estimate of drug-likeness (QED) is 0.759. The molecule has 10 heteroatoms. The lowest BCUT2D eigenvalue weighted by atomic mass is 10.2. The molecule has 0 aliphatic carbocycles. The van der Waals surface area contributed by atoms with Crippen LogP contribution in [0.25, 0.3) is 0 Å². The molecule has 2 aromatic heterocycles. The number of nitrogens with zero attached hydrogens (tertiary/aromatic N) is 4. The van der Waals surface area contributed by atoms with Crippen molar-refractivity contribution in [3.63, 3.8) is 0 Å². The van der Waals surface area contributed by atoms with Gasteiger partial charge in [-0.15, -0.1) is 5.10 Å². The molecule has 0 bridgehead atoms. The minimum atomic E-state index is -1.03. The van der Waals surface area contributed by atoms with E-state index in [1.54, 1.807) is 6.07 Å². The Kier molecular flexibility index (Phi) is 4.86. The number of pyridine rings is 1. The normalized spacial score (nSPS) is 10.4. The number of amides is 1. The van der Waals surface area contributed by atoms with Crippen molar-refractivity contribution in [1.82, 2.24) is 25.3 Å². The molecule has 1 amide bonds. The van der Waals surface area contributed by atoms with Gasteiger partial charge in [-0.05, 0) is 22.0 Å². The molecule has 2 N–H and O–H groups in total.